The maximum Gasteiger partial charge on any atom is 0.355 e. The number of hydrogen-bond donors (Lipinski definition) is 3. The van der Waals surface area contributed by atoms with Gasteiger partial charge in [0.1, 0.15) is 0 Å². The summed E-state index contributed by atoms with van der Waals surface area (Å²) in [5, 5.41) is 21.5. The number of aliphatic carboxylic acids is 1. The molecule has 0 aliphatic carbocycles. The van der Waals surface area contributed by atoms with Crippen molar-refractivity contribution < 1.29 is 32.2 Å². The minimum Gasteiger partial charge on any atom is -0.477 e. The minimum absolute atomic E-state index is 0.103. The molecule has 0 saturated carbocycles. The molecule has 0 spiro atoms. The first kappa shape index (κ1) is 20.6. The fourth-order valence-corrected chi connectivity index (χ4v) is 3.09. The molecule has 0 fully saturated rings. The van der Waals surface area contributed by atoms with Gasteiger partial charge in [-0.05, 0) is 48.5 Å². The molecule has 0 radical (unpaired) electrons. The van der Waals surface area contributed by atoms with E-state index in [1.54, 1.807) is 0 Å². The Morgan fingerprint density at radius 3 is 1.97 bits per heavy atom. The van der Waals surface area contributed by atoms with E-state index in [1.165, 1.54) is 48.5 Å². The number of azo groups is 1. The van der Waals surface area contributed by atoms with Crippen LogP contribution in [0.3, 0.4) is 0 Å². The van der Waals surface area contributed by atoms with Crippen LogP contribution in [-0.2, 0) is 31.7 Å². The number of nitrogens with zero attached hydrogens (tertiary/aromatic N) is 4. The van der Waals surface area contributed by atoms with Crippen LogP contribution in [0, 0.1) is 0 Å². The maximum absolute atomic E-state index is 12.6. The third kappa shape index (κ3) is 4.48. The second kappa shape index (κ2) is 8.48. The molecule has 29 heavy (non-hydrogen) atoms. The van der Waals surface area contributed by atoms with Crippen LogP contribution in [-0.4, -0.2) is 46.3 Å². The highest BCUT2D eigenvalue weighted by Crippen LogP contribution is 2.25. The third-order valence-electron chi connectivity index (χ3n) is 3.74. The van der Waals surface area contributed by atoms with Crippen LogP contribution in [0.25, 0.3) is 0 Å². The second-order valence-electron chi connectivity index (χ2n) is 5.54. The summed E-state index contributed by atoms with van der Waals surface area (Å²) in [6.45, 7) is 0. The fraction of sp³-hybridized carbons (Fsp3) is 0.0625. The van der Waals surface area contributed by atoms with Gasteiger partial charge >= 0.3 is 5.97 Å². The summed E-state index contributed by atoms with van der Waals surface area (Å²) >= 11 is -4.36. The van der Waals surface area contributed by atoms with Gasteiger partial charge in [0.05, 0.1) is 21.2 Å². The zero-order valence-electron chi connectivity index (χ0n) is 14.3. The smallest absolute Gasteiger partial charge is 0.355 e. The van der Waals surface area contributed by atoms with E-state index in [4.69, 9.17) is 9.11 Å². The first-order valence-corrected chi connectivity index (χ1v) is 9.97. The average Bonchev–Trinajstić information content (AvgIpc) is 3.03. The van der Waals surface area contributed by atoms with E-state index in [2.05, 4.69) is 15.3 Å². The van der Waals surface area contributed by atoms with E-state index in [0.29, 0.717) is 0 Å². The summed E-state index contributed by atoms with van der Waals surface area (Å²) in [5.41, 5.74) is -0.109. The quantitative estimate of drug-likeness (QED) is 0.458. The van der Waals surface area contributed by atoms with Crippen molar-refractivity contribution >= 4 is 51.1 Å². The largest absolute Gasteiger partial charge is 0.477 e. The SMILES string of the molecule is O=C(O)C1=NN(c2ccc(S(=O)O)cc2)C(=O)C1N=Nc1ccc(S(=O)O)cc1. The first-order chi connectivity index (χ1) is 13.8. The summed E-state index contributed by atoms with van der Waals surface area (Å²) < 4.78 is 40.0. The molecule has 2 aromatic carbocycles. The van der Waals surface area contributed by atoms with Gasteiger partial charge in [0.25, 0.3) is 5.91 Å². The van der Waals surface area contributed by atoms with Gasteiger partial charge in [-0.25, -0.2) is 13.2 Å². The summed E-state index contributed by atoms with van der Waals surface area (Å²) in [7, 11) is 0. The molecule has 1 heterocycles. The highest BCUT2D eigenvalue weighted by Gasteiger charge is 2.41. The number of carbonyl (C=O) groups excluding carboxylic acids is 1. The summed E-state index contributed by atoms with van der Waals surface area (Å²) in [6, 6.07) is 9.25. The van der Waals surface area contributed by atoms with Crippen molar-refractivity contribution in [3.05, 3.63) is 48.5 Å². The number of anilines is 1. The van der Waals surface area contributed by atoms with Crippen LogP contribution in [0.1, 0.15) is 0 Å². The number of benzene rings is 2. The molecular formula is C16H12N4O7S2. The van der Waals surface area contributed by atoms with Gasteiger partial charge in [-0.15, -0.1) is 0 Å². The van der Waals surface area contributed by atoms with Gasteiger partial charge < -0.3 is 14.2 Å². The standard InChI is InChI=1S/C16H12N4O7S2/c21-15-13(18-17-9-1-5-11(6-2-9)28(24)25)14(16(22)23)19-20(15)10-3-7-12(8-4-10)29(26)27/h1-8,13H,(H,22,23)(H,24,25)(H,26,27). The molecule has 0 saturated heterocycles. The normalized spacial score (nSPS) is 18.7. The van der Waals surface area contributed by atoms with Crippen molar-refractivity contribution in [3.8, 4) is 0 Å². The molecular weight excluding hydrogens is 424 g/mol. The van der Waals surface area contributed by atoms with Gasteiger partial charge in [-0.3, -0.25) is 4.79 Å². The Morgan fingerprint density at radius 1 is 0.966 bits per heavy atom. The highest BCUT2D eigenvalue weighted by atomic mass is 32.2. The average molecular weight is 436 g/mol. The molecule has 1 aliphatic heterocycles. The number of hydrazone groups is 1. The Kier molecular flexibility index (Phi) is 6.03. The Balaban J connectivity index is 1.86. The zero-order chi connectivity index (χ0) is 21.1. The van der Waals surface area contributed by atoms with Crippen molar-refractivity contribution in [2.45, 2.75) is 15.8 Å². The molecule has 13 heteroatoms. The lowest BCUT2D eigenvalue weighted by Crippen LogP contribution is -2.33. The number of carboxylic acid groups (broad SMARTS) is 1. The zero-order valence-corrected chi connectivity index (χ0v) is 15.9. The Labute approximate surface area is 168 Å². The number of rotatable bonds is 6. The van der Waals surface area contributed by atoms with Gasteiger partial charge in [-0.1, -0.05) is 0 Å². The molecule has 150 valence electrons. The van der Waals surface area contributed by atoms with Crippen molar-refractivity contribution in [3.63, 3.8) is 0 Å². The van der Waals surface area contributed by atoms with Crippen molar-refractivity contribution in [1.82, 2.24) is 0 Å². The molecule has 1 amide bonds. The van der Waals surface area contributed by atoms with E-state index >= 15 is 0 Å². The molecule has 2 aromatic rings. The topological polar surface area (TPSA) is 169 Å². The van der Waals surface area contributed by atoms with Gasteiger partial charge in [-0.2, -0.15) is 20.3 Å². The predicted molar refractivity (Wildman–Crippen MR) is 102 cm³/mol. The third-order valence-corrected chi connectivity index (χ3v) is 5.09. The number of amides is 1. The molecule has 0 bridgehead atoms. The first-order valence-electron chi connectivity index (χ1n) is 7.76. The summed E-state index contributed by atoms with van der Waals surface area (Å²) in [4.78, 5) is 24.3. The minimum atomic E-state index is -2.20. The van der Waals surface area contributed by atoms with Crippen LogP contribution in [0.5, 0.6) is 0 Å². The molecule has 3 unspecified atom stereocenters. The van der Waals surface area contributed by atoms with Crippen molar-refractivity contribution in [2.75, 3.05) is 5.01 Å². The number of carboxylic acids is 1. The van der Waals surface area contributed by atoms with Crippen LogP contribution < -0.4 is 5.01 Å². The predicted octanol–water partition coefficient (Wildman–Crippen LogP) is 1.79. The Bertz CT molecular complexity index is 1070. The number of carbonyl (C=O) groups is 2. The Morgan fingerprint density at radius 2 is 1.48 bits per heavy atom. The number of hydrogen-bond acceptors (Lipinski definition) is 7. The van der Waals surface area contributed by atoms with Crippen LogP contribution >= 0.6 is 0 Å². The second-order valence-corrected chi connectivity index (χ2v) is 7.48. The van der Waals surface area contributed by atoms with E-state index in [0.717, 1.165) is 5.01 Å². The van der Waals surface area contributed by atoms with E-state index < -0.39 is 45.8 Å². The van der Waals surface area contributed by atoms with E-state index in [-0.39, 0.29) is 21.2 Å². The van der Waals surface area contributed by atoms with Crippen LogP contribution in [0.4, 0.5) is 11.4 Å². The maximum atomic E-state index is 12.6. The van der Waals surface area contributed by atoms with Gasteiger partial charge in [0.15, 0.2) is 27.9 Å². The van der Waals surface area contributed by atoms with Crippen molar-refractivity contribution in [2.24, 2.45) is 15.3 Å². The Hall–Kier alpha value is -3.13. The highest BCUT2D eigenvalue weighted by molar-refractivity contribution is 7.79. The van der Waals surface area contributed by atoms with E-state index in [9.17, 15) is 23.1 Å². The molecule has 0 aromatic heterocycles. The lowest BCUT2D eigenvalue weighted by atomic mass is 10.2. The molecule has 11 nitrogen and oxygen atoms in total. The van der Waals surface area contributed by atoms with Crippen molar-refractivity contribution in [1.29, 1.82) is 0 Å². The summed E-state index contributed by atoms with van der Waals surface area (Å²) in [5.74, 6) is -2.22. The van der Waals surface area contributed by atoms with Crippen LogP contribution in [0.2, 0.25) is 0 Å². The molecule has 3 rings (SSSR count). The lowest BCUT2D eigenvalue weighted by Gasteiger charge is -2.12. The monoisotopic (exact) mass is 436 g/mol. The summed E-state index contributed by atoms with van der Waals surface area (Å²) in [6.07, 6.45) is 0. The fourth-order valence-electron chi connectivity index (χ4n) is 2.35. The molecule has 3 atom stereocenters. The van der Waals surface area contributed by atoms with Crippen LogP contribution in [0.15, 0.2) is 73.7 Å². The lowest BCUT2D eigenvalue weighted by molar-refractivity contribution is -0.130. The van der Waals surface area contributed by atoms with E-state index in [1.807, 2.05) is 0 Å². The van der Waals surface area contributed by atoms with Gasteiger partial charge in [0.2, 0.25) is 6.04 Å². The molecule has 3 N–H and O–H groups in total. The molecule has 1 aliphatic rings. The van der Waals surface area contributed by atoms with Gasteiger partial charge in [0, 0.05) is 0 Å².